The van der Waals surface area contributed by atoms with Crippen LogP contribution in [0.1, 0.15) is 18.1 Å². The summed E-state index contributed by atoms with van der Waals surface area (Å²) in [6.07, 6.45) is 6.68. The van der Waals surface area contributed by atoms with E-state index in [0.29, 0.717) is 27.7 Å². The van der Waals surface area contributed by atoms with Gasteiger partial charge in [0.15, 0.2) is 0 Å². The van der Waals surface area contributed by atoms with Crippen molar-refractivity contribution in [2.45, 2.75) is 13.3 Å². The van der Waals surface area contributed by atoms with Crippen molar-refractivity contribution in [3.05, 3.63) is 76.0 Å². The van der Waals surface area contributed by atoms with Crippen molar-refractivity contribution >= 4 is 34.9 Å². The summed E-state index contributed by atoms with van der Waals surface area (Å²) in [5.41, 5.74) is 2.07. The Morgan fingerprint density at radius 3 is 2.83 bits per heavy atom. The molecule has 0 aliphatic rings. The van der Waals surface area contributed by atoms with E-state index in [1.54, 1.807) is 43.6 Å². The minimum atomic E-state index is -0.554. The second-order valence-electron chi connectivity index (χ2n) is 4.61. The Bertz CT molecular complexity index is 744. The molecule has 1 heterocycles. The Labute approximate surface area is 144 Å². The lowest BCUT2D eigenvalue weighted by Crippen LogP contribution is -2.09. The first kappa shape index (κ1) is 17.2. The highest BCUT2D eigenvalue weighted by atomic mass is 35.5. The van der Waals surface area contributed by atoms with E-state index in [0.717, 1.165) is 5.56 Å². The molecule has 0 aliphatic carbocycles. The van der Waals surface area contributed by atoms with Crippen molar-refractivity contribution < 1.29 is 9.63 Å². The lowest BCUT2D eigenvalue weighted by molar-refractivity contribution is -0.137. The summed E-state index contributed by atoms with van der Waals surface area (Å²) in [6, 6.07) is 8.78. The van der Waals surface area contributed by atoms with Gasteiger partial charge in [0, 0.05) is 35.5 Å². The van der Waals surface area contributed by atoms with E-state index < -0.39 is 5.97 Å². The summed E-state index contributed by atoms with van der Waals surface area (Å²) >= 11 is 12.2. The molecule has 0 spiro atoms. The van der Waals surface area contributed by atoms with E-state index >= 15 is 0 Å². The van der Waals surface area contributed by atoms with E-state index in [1.807, 2.05) is 12.1 Å². The number of hydrogen-bond acceptors (Lipinski definition) is 4. The minimum absolute atomic E-state index is 0.415. The van der Waals surface area contributed by atoms with Gasteiger partial charge in [-0.2, -0.15) is 0 Å². The summed E-state index contributed by atoms with van der Waals surface area (Å²) in [7, 11) is 0. The highest BCUT2D eigenvalue weighted by Gasteiger charge is 2.12. The molecule has 0 radical (unpaired) electrons. The van der Waals surface area contributed by atoms with Gasteiger partial charge >= 0.3 is 5.97 Å². The molecule has 0 saturated carbocycles. The van der Waals surface area contributed by atoms with Gasteiger partial charge in [-0.3, -0.25) is 4.98 Å². The standard InChI is InChI=1S/C17H14Cl2N2O2/c1-2-4-17(22)23-21-16(9-12-5-3-8-20-11-12)14-7-6-13(18)10-15(14)19/h2-8,10-11H,9H2,1H3. The second kappa shape index (κ2) is 8.46. The summed E-state index contributed by atoms with van der Waals surface area (Å²) in [4.78, 5) is 20.5. The Morgan fingerprint density at radius 2 is 2.17 bits per heavy atom. The molecule has 2 rings (SSSR count). The molecule has 1 aromatic heterocycles. The van der Waals surface area contributed by atoms with Crippen LogP contribution in [0.25, 0.3) is 0 Å². The largest absolute Gasteiger partial charge is 0.358 e. The molecule has 2 aromatic rings. The van der Waals surface area contributed by atoms with Crippen molar-refractivity contribution in [2.75, 3.05) is 0 Å². The number of allylic oxidation sites excluding steroid dienone is 1. The van der Waals surface area contributed by atoms with Crippen LogP contribution in [-0.4, -0.2) is 16.7 Å². The quantitative estimate of drug-likeness (QED) is 0.347. The average molecular weight is 349 g/mol. The number of hydrogen-bond donors (Lipinski definition) is 0. The summed E-state index contributed by atoms with van der Waals surface area (Å²) in [5, 5.41) is 4.91. The van der Waals surface area contributed by atoms with Crippen LogP contribution in [0.4, 0.5) is 0 Å². The van der Waals surface area contributed by atoms with Crippen LogP contribution < -0.4 is 0 Å². The summed E-state index contributed by atoms with van der Waals surface area (Å²) in [6.45, 7) is 1.72. The average Bonchev–Trinajstić information content (AvgIpc) is 2.53. The Morgan fingerprint density at radius 1 is 1.35 bits per heavy atom. The van der Waals surface area contributed by atoms with Gasteiger partial charge in [0.1, 0.15) is 0 Å². The first-order valence-corrected chi connectivity index (χ1v) is 7.60. The third-order valence-corrected chi connectivity index (χ3v) is 3.43. The van der Waals surface area contributed by atoms with E-state index in [2.05, 4.69) is 10.1 Å². The summed E-state index contributed by atoms with van der Waals surface area (Å²) in [5.74, 6) is -0.554. The highest BCUT2D eigenvalue weighted by Crippen LogP contribution is 2.23. The lowest BCUT2D eigenvalue weighted by atomic mass is 10.0. The second-order valence-corrected chi connectivity index (χ2v) is 5.45. The lowest BCUT2D eigenvalue weighted by Gasteiger charge is -2.08. The molecular formula is C17H14Cl2N2O2. The molecular weight excluding hydrogens is 335 g/mol. The first-order valence-electron chi connectivity index (χ1n) is 6.85. The maximum Gasteiger partial charge on any atom is 0.358 e. The van der Waals surface area contributed by atoms with Gasteiger partial charge in [-0.1, -0.05) is 46.6 Å². The number of pyridine rings is 1. The smallest absolute Gasteiger partial charge is 0.313 e. The zero-order valence-electron chi connectivity index (χ0n) is 12.4. The number of halogens is 2. The molecule has 0 aliphatic heterocycles. The third-order valence-electron chi connectivity index (χ3n) is 2.88. The van der Waals surface area contributed by atoms with Crippen molar-refractivity contribution in [2.24, 2.45) is 5.16 Å². The van der Waals surface area contributed by atoms with E-state index in [1.165, 1.54) is 6.08 Å². The van der Waals surface area contributed by atoms with E-state index in [4.69, 9.17) is 28.0 Å². The Hall–Kier alpha value is -2.17. The van der Waals surface area contributed by atoms with Crippen LogP contribution in [0.3, 0.4) is 0 Å². The van der Waals surface area contributed by atoms with Crippen molar-refractivity contribution in [3.8, 4) is 0 Å². The van der Waals surface area contributed by atoms with Gasteiger partial charge < -0.3 is 4.84 Å². The fourth-order valence-corrected chi connectivity index (χ4v) is 2.38. The molecule has 0 unspecified atom stereocenters. The maximum atomic E-state index is 11.5. The SMILES string of the molecule is CC=CC(=O)ON=C(Cc1cccnc1)c1ccc(Cl)cc1Cl. The number of oxime groups is 1. The predicted molar refractivity (Wildman–Crippen MR) is 91.8 cm³/mol. The van der Waals surface area contributed by atoms with Crippen LogP contribution in [0, 0.1) is 0 Å². The molecule has 0 amide bonds. The molecule has 0 bridgehead atoms. The zero-order valence-corrected chi connectivity index (χ0v) is 13.9. The molecule has 0 atom stereocenters. The van der Waals surface area contributed by atoms with Crippen molar-refractivity contribution in [3.63, 3.8) is 0 Å². The number of carbonyl (C=O) groups excluding carboxylic acids is 1. The maximum absolute atomic E-state index is 11.5. The monoisotopic (exact) mass is 348 g/mol. The fraction of sp³-hybridized carbons (Fsp3) is 0.118. The van der Waals surface area contributed by atoms with Crippen LogP contribution in [-0.2, 0) is 16.1 Å². The van der Waals surface area contributed by atoms with Gasteiger partial charge in [0.2, 0.25) is 0 Å². The Balaban J connectivity index is 2.34. The van der Waals surface area contributed by atoms with Crippen LogP contribution in [0.15, 0.2) is 60.0 Å². The summed E-state index contributed by atoms with van der Waals surface area (Å²) < 4.78 is 0. The van der Waals surface area contributed by atoms with E-state index in [-0.39, 0.29) is 0 Å². The molecule has 118 valence electrons. The minimum Gasteiger partial charge on any atom is -0.313 e. The third kappa shape index (κ3) is 5.20. The molecule has 4 nitrogen and oxygen atoms in total. The number of rotatable bonds is 5. The number of benzene rings is 1. The van der Waals surface area contributed by atoms with Gasteiger partial charge in [-0.25, -0.2) is 4.79 Å². The predicted octanol–water partition coefficient (Wildman–Crippen LogP) is 4.45. The zero-order chi connectivity index (χ0) is 16.7. The van der Waals surface area contributed by atoms with Gasteiger partial charge in [-0.15, -0.1) is 0 Å². The van der Waals surface area contributed by atoms with Gasteiger partial charge in [0.25, 0.3) is 0 Å². The highest BCUT2D eigenvalue weighted by molar-refractivity contribution is 6.37. The van der Waals surface area contributed by atoms with Crippen LogP contribution in [0.2, 0.25) is 10.0 Å². The molecule has 6 heteroatoms. The topological polar surface area (TPSA) is 51.5 Å². The molecule has 1 aromatic carbocycles. The van der Waals surface area contributed by atoms with Crippen LogP contribution in [0.5, 0.6) is 0 Å². The number of nitrogens with zero attached hydrogens (tertiary/aromatic N) is 2. The molecule has 0 fully saturated rings. The fourth-order valence-electron chi connectivity index (χ4n) is 1.86. The van der Waals surface area contributed by atoms with Gasteiger partial charge in [-0.05, 0) is 30.7 Å². The van der Waals surface area contributed by atoms with Crippen molar-refractivity contribution in [1.29, 1.82) is 0 Å². The van der Waals surface area contributed by atoms with Crippen LogP contribution >= 0.6 is 23.2 Å². The Kier molecular flexibility index (Phi) is 6.32. The molecule has 0 N–H and O–H groups in total. The number of carbonyl (C=O) groups is 1. The normalized spacial score (nSPS) is 11.7. The number of aromatic nitrogens is 1. The first-order chi connectivity index (χ1) is 11.1. The van der Waals surface area contributed by atoms with Crippen molar-refractivity contribution in [1.82, 2.24) is 4.98 Å². The van der Waals surface area contributed by atoms with Gasteiger partial charge in [0.05, 0.1) is 10.7 Å². The molecule has 0 saturated heterocycles. The molecule has 23 heavy (non-hydrogen) atoms. The van der Waals surface area contributed by atoms with E-state index in [9.17, 15) is 4.79 Å².